The lowest BCUT2D eigenvalue weighted by Crippen LogP contribution is -1.93. The molecular weight excluding hydrogens is 492 g/mol. The predicted octanol–water partition coefficient (Wildman–Crippen LogP) is 10.3. The SMILES string of the molecule is Cc1ccc2c(c1)c1cc(C)ccc1c1nc(-c3cccc(-c4cccc5c4sc4ccccc45)c3)cnc21. The van der Waals surface area contributed by atoms with Crippen LogP contribution in [0.3, 0.4) is 0 Å². The summed E-state index contributed by atoms with van der Waals surface area (Å²) >= 11 is 1.86. The lowest BCUT2D eigenvalue weighted by molar-refractivity contribution is 1.31. The van der Waals surface area contributed by atoms with Gasteiger partial charge in [-0.3, -0.25) is 4.98 Å². The molecule has 0 N–H and O–H groups in total. The van der Waals surface area contributed by atoms with Gasteiger partial charge in [-0.25, -0.2) is 4.98 Å². The van der Waals surface area contributed by atoms with E-state index in [1.807, 2.05) is 17.5 Å². The first-order valence-corrected chi connectivity index (χ1v) is 14.1. The van der Waals surface area contributed by atoms with Gasteiger partial charge in [0, 0.05) is 36.5 Å². The van der Waals surface area contributed by atoms with Gasteiger partial charge in [-0.05, 0) is 47.9 Å². The van der Waals surface area contributed by atoms with E-state index < -0.39 is 0 Å². The van der Waals surface area contributed by atoms with E-state index in [-0.39, 0.29) is 0 Å². The molecule has 3 heteroatoms. The molecule has 184 valence electrons. The topological polar surface area (TPSA) is 25.8 Å². The Balaban J connectivity index is 1.34. The van der Waals surface area contributed by atoms with E-state index >= 15 is 0 Å². The molecule has 0 bridgehead atoms. The lowest BCUT2D eigenvalue weighted by Gasteiger charge is -2.12. The highest BCUT2D eigenvalue weighted by Crippen LogP contribution is 2.41. The Morgan fingerprint density at radius 1 is 0.538 bits per heavy atom. The van der Waals surface area contributed by atoms with Crippen molar-refractivity contribution in [1.29, 1.82) is 0 Å². The average Bonchev–Trinajstić information content (AvgIpc) is 3.36. The van der Waals surface area contributed by atoms with Crippen LogP contribution in [0.4, 0.5) is 0 Å². The summed E-state index contributed by atoms with van der Waals surface area (Å²) in [5.41, 5.74) is 8.82. The van der Waals surface area contributed by atoms with Gasteiger partial charge in [0.15, 0.2) is 0 Å². The van der Waals surface area contributed by atoms with Crippen molar-refractivity contribution in [2.24, 2.45) is 0 Å². The number of hydrogen-bond acceptors (Lipinski definition) is 3. The Bertz CT molecular complexity index is 2260. The summed E-state index contributed by atoms with van der Waals surface area (Å²) in [5.74, 6) is 0. The van der Waals surface area contributed by atoms with Crippen molar-refractivity contribution < 1.29 is 0 Å². The van der Waals surface area contributed by atoms with Crippen molar-refractivity contribution in [2.75, 3.05) is 0 Å². The maximum atomic E-state index is 5.25. The van der Waals surface area contributed by atoms with E-state index in [1.54, 1.807) is 0 Å². The Labute approximate surface area is 230 Å². The molecule has 0 aliphatic carbocycles. The third-order valence-corrected chi connectivity index (χ3v) is 9.02. The normalized spacial score (nSPS) is 11.8. The zero-order valence-electron chi connectivity index (χ0n) is 21.7. The molecule has 0 aliphatic rings. The van der Waals surface area contributed by atoms with Crippen molar-refractivity contribution in [3.05, 3.63) is 120 Å². The number of rotatable bonds is 2. The summed E-state index contributed by atoms with van der Waals surface area (Å²) in [4.78, 5) is 10.3. The molecule has 39 heavy (non-hydrogen) atoms. The molecule has 2 nitrogen and oxygen atoms in total. The number of aryl methyl sites for hydroxylation is 2. The number of thiophene rings is 1. The Hall–Kier alpha value is -4.60. The summed E-state index contributed by atoms with van der Waals surface area (Å²) in [5, 5.41) is 7.40. The molecule has 0 radical (unpaired) electrons. The molecule has 0 aliphatic heterocycles. The van der Waals surface area contributed by atoms with Crippen LogP contribution in [0.5, 0.6) is 0 Å². The fraction of sp³-hybridized carbons (Fsp3) is 0.0556. The molecule has 6 aromatic carbocycles. The third kappa shape index (κ3) is 3.47. The van der Waals surface area contributed by atoms with Crippen molar-refractivity contribution >= 4 is 64.1 Å². The number of aromatic nitrogens is 2. The maximum absolute atomic E-state index is 5.25. The van der Waals surface area contributed by atoms with Crippen molar-refractivity contribution in [3.63, 3.8) is 0 Å². The van der Waals surface area contributed by atoms with Gasteiger partial charge >= 0.3 is 0 Å². The maximum Gasteiger partial charge on any atom is 0.0979 e. The zero-order chi connectivity index (χ0) is 26.1. The van der Waals surface area contributed by atoms with Gasteiger partial charge in [0.1, 0.15) is 0 Å². The lowest BCUT2D eigenvalue weighted by atomic mass is 9.96. The van der Waals surface area contributed by atoms with Gasteiger partial charge in [-0.15, -0.1) is 11.3 Å². The molecule has 0 fully saturated rings. The zero-order valence-corrected chi connectivity index (χ0v) is 22.5. The largest absolute Gasteiger partial charge is 0.252 e. The van der Waals surface area contributed by atoms with E-state index in [1.165, 1.54) is 53.2 Å². The fourth-order valence-electron chi connectivity index (χ4n) is 5.91. The molecule has 8 rings (SSSR count). The smallest absolute Gasteiger partial charge is 0.0979 e. The quantitative estimate of drug-likeness (QED) is 0.214. The van der Waals surface area contributed by atoms with E-state index in [0.717, 1.165) is 33.1 Å². The number of benzene rings is 6. The number of nitrogens with zero attached hydrogens (tertiary/aromatic N) is 2. The first kappa shape index (κ1) is 22.4. The van der Waals surface area contributed by atoms with Gasteiger partial charge in [0.25, 0.3) is 0 Å². The average molecular weight is 517 g/mol. The van der Waals surface area contributed by atoms with Crippen LogP contribution >= 0.6 is 11.3 Å². The minimum absolute atomic E-state index is 0.890. The standard InChI is InChI=1S/C36H24N2S/c1-21-13-15-27-30(17-21)31-18-22(2)14-16-28(31)35-34(27)37-20-32(38-35)24-8-5-7-23(19-24)25-10-6-11-29-26-9-3-4-12-33(26)39-36(25)29/h3-20H,1-2H3. The van der Waals surface area contributed by atoms with Crippen LogP contribution in [0.1, 0.15) is 11.1 Å². The second-order valence-corrected chi connectivity index (χ2v) is 11.5. The molecule has 0 unspecified atom stereocenters. The van der Waals surface area contributed by atoms with Gasteiger partial charge < -0.3 is 0 Å². The van der Waals surface area contributed by atoms with Crippen LogP contribution in [0, 0.1) is 13.8 Å². The number of fused-ring (bicyclic) bond motifs is 9. The highest BCUT2D eigenvalue weighted by Gasteiger charge is 2.14. The third-order valence-electron chi connectivity index (χ3n) is 7.80. The Morgan fingerprint density at radius 2 is 1.23 bits per heavy atom. The molecular formula is C36H24N2S. The number of hydrogen-bond donors (Lipinski definition) is 0. The highest BCUT2D eigenvalue weighted by molar-refractivity contribution is 7.26. The van der Waals surface area contributed by atoms with E-state index in [9.17, 15) is 0 Å². The predicted molar refractivity (Wildman–Crippen MR) is 168 cm³/mol. The second kappa shape index (κ2) is 8.45. The minimum Gasteiger partial charge on any atom is -0.252 e. The second-order valence-electron chi connectivity index (χ2n) is 10.4. The first-order chi connectivity index (χ1) is 19.1. The fourth-order valence-corrected chi connectivity index (χ4v) is 7.15. The first-order valence-electron chi connectivity index (χ1n) is 13.2. The summed E-state index contributed by atoms with van der Waals surface area (Å²) < 4.78 is 2.64. The molecule has 0 amide bonds. The minimum atomic E-state index is 0.890. The van der Waals surface area contributed by atoms with Crippen molar-refractivity contribution in [3.8, 4) is 22.4 Å². The van der Waals surface area contributed by atoms with E-state index in [2.05, 4.69) is 117 Å². The molecule has 0 atom stereocenters. The van der Waals surface area contributed by atoms with Crippen LogP contribution in [-0.4, -0.2) is 9.97 Å². The van der Waals surface area contributed by atoms with Crippen LogP contribution < -0.4 is 0 Å². The van der Waals surface area contributed by atoms with Crippen molar-refractivity contribution in [2.45, 2.75) is 13.8 Å². The van der Waals surface area contributed by atoms with E-state index in [0.29, 0.717) is 0 Å². The molecule has 0 saturated heterocycles. The molecule has 8 aromatic rings. The van der Waals surface area contributed by atoms with Gasteiger partial charge in [-0.2, -0.15) is 0 Å². The molecule has 2 aromatic heterocycles. The molecule has 0 spiro atoms. The molecule has 0 saturated carbocycles. The van der Waals surface area contributed by atoms with Crippen LogP contribution in [0.15, 0.2) is 109 Å². The van der Waals surface area contributed by atoms with Gasteiger partial charge in [-0.1, -0.05) is 102 Å². The summed E-state index contributed by atoms with van der Waals surface area (Å²) in [6.45, 7) is 4.29. The molecule has 2 heterocycles. The van der Waals surface area contributed by atoms with E-state index in [4.69, 9.17) is 9.97 Å². The van der Waals surface area contributed by atoms with Gasteiger partial charge in [0.2, 0.25) is 0 Å². The van der Waals surface area contributed by atoms with Crippen LogP contribution in [-0.2, 0) is 0 Å². The Kier molecular flexibility index (Phi) is 4.85. The van der Waals surface area contributed by atoms with Gasteiger partial charge in [0.05, 0.1) is 22.9 Å². The highest BCUT2D eigenvalue weighted by atomic mass is 32.1. The van der Waals surface area contributed by atoms with Crippen LogP contribution in [0.25, 0.3) is 75.1 Å². The summed E-state index contributed by atoms with van der Waals surface area (Å²) in [6, 6.07) is 37.3. The monoisotopic (exact) mass is 516 g/mol. The van der Waals surface area contributed by atoms with Crippen LogP contribution in [0.2, 0.25) is 0 Å². The summed E-state index contributed by atoms with van der Waals surface area (Å²) in [6.07, 6.45) is 1.93. The summed E-state index contributed by atoms with van der Waals surface area (Å²) in [7, 11) is 0. The Morgan fingerprint density at radius 3 is 2.05 bits per heavy atom. The van der Waals surface area contributed by atoms with Crippen molar-refractivity contribution in [1.82, 2.24) is 9.97 Å².